The fraction of sp³-hybridized carbons (Fsp3) is 0.652. The number of hydrogen-bond donors (Lipinski definition) is 1. The van der Waals surface area contributed by atoms with Crippen LogP contribution in [0.3, 0.4) is 0 Å². The minimum absolute atomic E-state index is 0.0227. The molecule has 1 aliphatic carbocycles. The number of rotatable bonds is 5. The first-order chi connectivity index (χ1) is 13.5. The summed E-state index contributed by atoms with van der Waals surface area (Å²) >= 11 is 0. The van der Waals surface area contributed by atoms with Gasteiger partial charge in [-0.2, -0.15) is 0 Å². The third kappa shape index (κ3) is 5.49. The van der Waals surface area contributed by atoms with Crippen LogP contribution in [-0.4, -0.2) is 41.4 Å². The van der Waals surface area contributed by atoms with E-state index in [4.69, 9.17) is 4.74 Å². The van der Waals surface area contributed by atoms with Crippen LogP contribution in [0.5, 0.6) is 5.75 Å². The molecule has 2 amide bonds. The van der Waals surface area contributed by atoms with Crippen LogP contribution in [0.4, 0.5) is 0 Å². The summed E-state index contributed by atoms with van der Waals surface area (Å²) in [5.41, 5.74) is 0.640. The van der Waals surface area contributed by atoms with E-state index in [1.54, 1.807) is 24.3 Å². The Hall–Kier alpha value is -2.04. The number of carbonyl (C=O) groups is 2. The van der Waals surface area contributed by atoms with Crippen molar-refractivity contribution < 1.29 is 14.3 Å². The summed E-state index contributed by atoms with van der Waals surface area (Å²) in [6, 6.07) is 7.94. The lowest BCUT2D eigenvalue weighted by atomic mass is 9.97. The maximum atomic E-state index is 12.6. The Bertz CT molecular complexity index is 640. The molecule has 0 radical (unpaired) electrons. The van der Waals surface area contributed by atoms with Crippen molar-refractivity contribution in [1.29, 1.82) is 0 Å². The zero-order chi connectivity index (χ0) is 19.9. The molecule has 154 valence electrons. The van der Waals surface area contributed by atoms with Gasteiger partial charge in [0.2, 0.25) is 0 Å². The van der Waals surface area contributed by atoms with E-state index in [-0.39, 0.29) is 36.5 Å². The van der Waals surface area contributed by atoms with Crippen LogP contribution in [0.25, 0.3) is 0 Å². The van der Waals surface area contributed by atoms with Gasteiger partial charge in [0.1, 0.15) is 5.75 Å². The van der Waals surface area contributed by atoms with Gasteiger partial charge in [0.25, 0.3) is 11.8 Å². The molecule has 0 spiro atoms. The van der Waals surface area contributed by atoms with Gasteiger partial charge in [-0.25, -0.2) is 0 Å². The Labute approximate surface area is 168 Å². The number of amides is 2. The zero-order valence-electron chi connectivity index (χ0n) is 17.3. The number of benzene rings is 1. The second-order valence-corrected chi connectivity index (χ2v) is 8.40. The van der Waals surface area contributed by atoms with Crippen molar-refractivity contribution in [2.75, 3.05) is 6.61 Å². The molecule has 1 heterocycles. The molecule has 1 saturated carbocycles. The lowest BCUT2D eigenvalue weighted by Crippen LogP contribution is -2.49. The van der Waals surface area contributed by atoms with Crippen LogP contribution in [0.15, 0.2) is 24.3 Å². The molecular formula is C23H34N2O3. The van der Waals surface area contributed by atoms with E-state index in [9.17, 15) is 9.59 Å². The minimum Gasteiger partial charge on any atom is -0.484 e. The molecule has 1 aliphatic heterocycles. The Morgan fingerprint density at radius 1 is 0.929 bits per heavy atom. The first kappa shape index (κ1) is 20.7. The number of ether oxygens (including phenoxy) is 1. The molecule has 28 heavy (non-hydrogen) atoms. The Morgan fingerprint density at radius 3 is 2.14 bits per heavy atom. The van der Waals surface area contributed by atoms with Crippen LogP contribution in [-0.2, 0) is 4.79 Å². The highest BCUT2D eigenvalue weighted by Crippen LogP contribution is 2.23. The van der Waals surface area contributed by atoms with Crippen molar-refractivity contribution in [2.24, 2.45) is 0 Å². The predicted octanol–water partition coefficient (Wildman–Crippen LogP) is 4.31. The van der Waals surface area contributed by atoms with Crippen molar-refractivity contribution in [3.8, 4) is 5.75 Å². The second-order valence-electron chi connectivity index (χ2n) is 8.40. The molecule has 2 unspecified atom stereocenters. The predicted molar refractivity (Wildman–Crippen MR) is 111 cm³/mol. The monoisotopic (exact) mass is 386 g/mol. The average molecular weight is 387 g/mol. The number of carbonyl (C=O) groups excluding carboxylic acids is 2. The molecule has 1 aromatic carbocycles. The fourth-order valence-corrected chi connectivity index (χ4v) is 4.53. The molecule has 3 rings (SSSR count). The number of nitrogens with one attached hydrogen (secondary N) is 1. The molecule has 2 fully saturated rings. The van der Waals surface area contributed by atoms with E-state index >= 15 is 0 Å². The maximum absolute atomic E-state index is 12.6. The number of hydrogen-bond acceptors (Lipinski definition) is 3. The van der Waals surface area contributed by atoms with Crippen LogP contribution in [0.2, 0.25) is 0 Å². The van der Waals surface area contributed by atoms with Gasteiger partial charge in [0.05, 0.1) is 0 Å². The molecule has 0 aromatic heterocycles. The van der Waals surface area contributed by atoms with Gasteiger partial charge in [-0.05, 0) is 70.2 Å². The van der Waals surface area contributed by atoms with Gasteiger partial charge in [-0.1, -0.05) is 25.7 Å². The molecule has 1 N–H and O–H groups in total. The van der Waals surface area contributed by atoms with E-state index in [1.165, 1.54) is 32.1 Å². The molecule has 2 aliphatic rings. The smallest absolute Gasteiger partial charge is 0.260 e. The fourth-order valence-electron chi connectivity index (χ4n) is 4.53. The summed E-state index contributed by atoms with van der Waals surface area (Å²) in [6.45, 7) is 4.26. The molecule has 0 bridgehead atoms. The average Bonchev–Trinajstić information content (AvgIpc) is 2.95. The summed E-state index contributed by atoms with van der Waals surface area (Å²) in [4.78, 5) is 27.0. The summed E-state index contributed by atoms with van der Waals surface area (Å²) in [7, 11) is 0. The van der Waals surface area contributed by atoms with Gasteiger partial charge < -0.3 is 15.0 Å². The lowest BCUT2D eigenvalue weighted by Gasteiger charge is -2.38. The van der Waals surface area contributed by atoms with Crippen molar-refractivity contribution in [3.63, 3.8) is 0 Å². The van der Waals surface area contributed by atoms with Crippen molar-refractivity contribution in [1.82, 2.24) is 10.2 Å². The van der Waals surface area contributed by atoms with Crippen LogP contribution in [0, 0.1) is 0 Å². The van der Waals surface area contributed by atoms with Gasteiger partial charge in [-0.3, -0.25) is 9.59 Å². The third-order valence-corrected chi connectivity index (χ3v) is 6.15. The Morgan fingerprint density at radius 2 is 1.54 bits per heavy atom. The number of likely N-dealkylation sites (tertiary alicyclic amines) is 1. The van der Waals surface area contributed by atoms with Crippen LogP contribution in [0.1, 0.15) is 82.0 Å². The van der Waals surface area contributed by atoms with Crippen LogP contribution >= 0.6 is 0 Å². The van der Waals surface area contributed by atoms with Crippen LogP contribution < -0.4 is 10.1 Å². The van der Waals surface area contributed by atoms with Gasteiger partial charge in [0.15, 0.2) is 6.61 Å². The van der Waals surface area contributed by atoms with E-state index in [2.05, 4.69) is 19.2 Å². The van der Waals surface area contributed by atoms with Crippen molar-refractivity contribution >= 4 is 11.8 Å². The highest BCUT2D eigenvalue weighted by molar-refractivity contribution is 5.94. The SMILES string of the molecule is CC1CCCC(C)N1C(=O)COc1ccc(C(=O)NC2CCCCCC2)cc1. The second kappa shape index (κ2) is 9.94. The standard InChI is InChI=1S/C23H34N2O3/c1-17-8-7-9-18(2)25(17)22(26)16-28-21-14-12-19(13-15-21)23(27)24-20-10-5-3-4-6-11-20/h12-15,17-18,20H,3-11,16H2,1-2H3,(H,24,27). The highest BCUT2D eigenvalue weighted by atomic mass is 16.5. The summed E-state index contributed by atoms with van der Waals surface area (Å²) in [5.74, 6) is 0.636. The molecule has 2 atom stereocenters. The number of piperidine rings is 1. The van der Waals surface area contributed by atoms with Crippen molar-refractivity contribution in [2.45, 2.75) is 89.8 Å². The summed E-state index contributed by atoms with van der Waals surface area (Å²) in [5, 5.41) is 3.16. The summed E-state index contributed by atoms with van der Waals surface area (Å²) in [6.07, 6.45) is 10.4. The first-order valence-corrected chi connectivity index (χ1v) is 10.9. The topological polar surface area (TPSA) is 58.6 Å². The maximum Gasteiger partial charge on any atom is 0.260 e. The van der Waals surface area contributed by atoms with Gasteiger partial charge in [-0.15, -0.1) is 0 Å². The van der Waals surface area contributed by atoms with E-state index < -0.39 is 0 Å². The zero-order valence-corrected chi connectivity index (χ0v) is 17.3. The molecule has 1 saturated heterocycles. The van der Waals surface area contributed by atoms with E-state index in [0.29, 0.717) is 11.3 Å². The largest absolute Gasteiger partial charge is 0.484 e. The van der Waals surface area contributed by atoms with Gasteiger partial charge >= 0.3 is 0 Å². The van der Waals surface area contributed by atoms with Gasteiger partial charge in [0, 0.05) is 23.7 Å². The van der Waals surface area contributed by atoms with E-state index in [0.717, 1.165) is 25.7 Å². The molecular weight excluding hydrogens is 352 g/mol. The quantitative estimate of drug-likeness (QED) is 0.767. The molecule has 1 aromatic rings. The minimum atomic E-state index is -0.0227. The normalized spacial score (nSPS) is 23.7. The summed E-state index contributed by atoms with van der Waals surface area (Å²) < 4.78 is 5.70. The number of nitrogens with zero attached hydrogens (tertiary/aromatic N) is 1. The molecule has 5 heteroatoms. The highest BCUT2D eigenvalue weighted by Gasteiger charge is 2.29. The van der Waals surface area contributed by atoms with E-state index in [1.807, 2.05) is 4.90 Å². The Balaban J connectivity index is 1.49. The first-order valence-electron chi connectivity index (χ1n) is 10.9. The van der Waals surface area contributed by atoms with Crippen molar-refractivity contribution in [3.05, 3.63) is 29.8 Å². The third-order valence-electron chi connectivity index (χ3n) is 6.15. The molecule has 5 nitrogen and oxygen atoms in total. The Kier molecular flexibility index (Phi) is 7.35. The lowest BCUT2D eigenvalue weighted by molar-refractivity contribution is -0.139.